The van der Waals surface area contributed by atoms with Gasteiger partial charge in [0.15, 0.2) is 0 Å². The van der Waals surface area contributed by atoms with Gasteiger partial charge in [-0.3, -0.25) is 4.79 Å². The van der Waals surface area contributed by atoms with Gasteiger partial charge in [0.2, 0.25) is 0 Å². The summed E-state index contributed by atoms with van der Waals surface area (Å²) in [6, 6.07) is 0. The molecule has 2 N–H and O–H groups in total. The smallest absolute Gasteiger partial charge is 0.331 e. The van der Waals surface area contributed by atoms with Crippen LogP contribution in [0.5, 0.6) is 0 Å². The predicted octanol–water partition coefficient (Wildman–Crippen LogP) is 4.19. The zero-order valence-corrected chi connectivity index (χ0v) is 17.3. The molecule has 27 heavy (non-hydrogen) atoms. The lowest BCUT2D eigenvalue weighted by Crippen LogP contribution is -2.51. The van der Waals surface area contributed by atoms with Crippen LogP contribution in [0.15, 0.2) is 11.6 Å². The molecule has 0 aromatic rings. The predicted molar refractivity (Wildman–Crippen MR) is 104 cm³/mol. The molecule has 5 unspecified atom stereocenters. The van der Waals surface area contributed by atoms with Gasteiger partial charge in [-0.2, -0.15) is 0 Å². The number of fused-ring (bicyclic) bond motifs is 1. The van der Waals surface area contributed by atoms with Crippen molar-refractivity contribution in [2.24, 2.45) is 28.6 Å². The number of carboxylic acids is 1. The summed E-state index contributed by atoms with van der Waals surface area (Å²) in [7, 11) is 0. The summed E-state index contributed by atoms with van der Waals surface area (Å²) in [6.07, 6.45) is 8.23. The Bertz CT molecular complexity index is 583. The van der Waals surface area contributed by atoms with Gasteiger partial charge in [-0.1, -0.05) is 26.8 Å². The highest BCUT2D eigenvalue weighted by Gasteiger charge is 2.55. The second-order valence-corrected chi connectivity index (χ2v) is 9.14. The van der Waals surface area contributed by atoms with Gasteiger partial charge in [-0.05, 0) is 68.1 Å². The van der Waals surface area contributed by atoms with E-state index in [4.69, 9.17) is 4.74 Å². The molecule has 0 radical (unpaired) electrons. The minimum absolute atomic E-state index is 0.0475. The van der Waals surface area contributed by atoms with Crippen molar-refractivity contribution in [3.05, 3.63) is 11.6 Å². The first kappa shape index (κ1) is 21.9. The molecule has 0 bridgehead atoms. The monoisotopic (exact) mass is 380 g/mol. The summed E-state index contributed by atoms with van der Waals surface area (Å²) >= 11 is 0. The molecule has 154 valence electrons. The van der Waals surface area contributed by atoms with E-state index in [2.05, 4.69) is 20.8 Å². The number of carbonyl (C=O) groups is 2. The third-order valence-corrected chi connectivity index (χ3v) is 7.59. The summed E-state index contributed by atoms with van der Waals surface area (Å²) in [5.41, 5.74) is 0.378. The van der Waals surface area contributed by atoms with Crippen molar-refractivity contribution in [3.63, 3.8) is 0 Å². The van der Waals surface area contributed by atoms with Crippen LogP contribution in [0.2, 0.25) is 0 Å². The highest BCUT2D eigenvalue weighted by molar-refractivity contribution is 5.88. The van der Waals surface area contributed by atoms with E-state index in [-0.39, 0.29) is 29.3 Å². The number of hydrogen-bond donors (Lipinski definition) is 2. The molecule has 0 spiro atoms. The molecule has 0 aromatic heterocycles. The highest BCUT2D eigenvalue weighted by Crippen LogP contribution is 2.62. The molecule has 2 aliphatic carbocycles. The molecule has 2 rings (SSSR count). The SMILES string of the molecule is CC(=O)OCC(CCO)CCC1(C)C(C)CCC2(C)C(C(=O)O)=CCCC21. The first-order valence-electron chi connectivity index (χ1n) is 10.3. The van der Waals surface area contributed by atoms with E-state index < -0.39 is 5.97 Å². The number of carbonyl (C=O) groups excluding carboxylic acids is 1. The van der Waals surface area contributed by atoms with Crippen LogP contribution in [0.25, 0.3) is 0 Å². The molecule has 1 fully saturated rings. The van der Waals surface area contributed by atoms with Crippen molar-refractivity contribution >= 4 is 11.9 Å². The van der Waals surface area contributed by atoms with E-state index in [1.165, 1.54) is 6.92 Å². The lowest BCUT2D eigenvalue weighted by molar-refractivity contribution is -0.142. The third-order valence-electron chi connectivity index (χ3n) is 7.59. The van der Waals surface area contributed by atoms with Crippen LogP contribution in [-0.2, 0) is 14.3 Å². The molecule has 1 saturated carbocycles. The summed E-state index contributed by atoms with van der Waals surface area (Å²) in [6.45, 7) is 8.62. The van der Waals surface area contributed by atoms with Crippen molar-refractivity contribution in [2.45, 2.75) is 72.6 Å². The van der Waals surface area contributed by atoms with Crippen LogP contribution in [0, 0.1) is 28.6 Å². The van der Waals surface area contributed by atoms with Crippen molar-refractivity contribution < 1.29 is 24.5 Å². The maximum atomic E-state index is 11.9. The summed E-state index contributed by atoms with van der Waals surface area (Å²) in [4.78, 5) is 23.0. The van der Waals surface area contributed by atoms with Gasteiger partial charge < -0.3 is 14.9 Å². The Balaban J connectivity index is 2.18. The van der Waals surface area contributed by atoms with Crippen molar-refractivity contribution in [1.82, 2.24) is 0 Å². The second kappa shape index (κ2) is 8.76. The minimum atomic E-state index is -0.771. The molecular weight excluding hydrogens is 344 g/mol. The molecule has 5 heteroatoms. The number of hydrogen-bond acceptors (Lipinski definition) is 4. The fourth-order valence-corrected chi connectivity index (χ4v) is 5.69. The number of aliphatic hydroxyl groups excluding tert-OH is 1. The average molecular weight is 381 g/mol. The van der Waals surface area contributed by atoms with E-state index >= 15 is 0 Å². The molecule has 5 nitrogen and oxygen atoms in total. The maximum absolute atomic E-state index is 11.9. The number of aliphatic carboxylic acids is 1. The molecule has 0 aromatic carbocycles. The fourth-order valence-electron chi connectivity index (χ4n) is 5.69. The van der Waals surface area contributed by atoms with Crippen LogP contribution in [-0.4, -0.2) is 35.4 Å². The quantitative estimate of drug-likeness (QED) is 0.617. The lowest BCUT2D eigenvalue weighted by atomic mass is 9.46. The Morgan fingerprint density at radius 1 is 1.30 bits per heavy atom. The molecule has 0 saturated heterocycles. The van der Waals surface area contributed by atoms with Gasteiger partial charge >= 0.3 is 11.9 Å². The number of ether oxygens (including phenoxy) is 1. The van der Waals surface area contributed by atoms with Gasteiger partial charge in [0.05, 0.1) is 6.61 Å². The minimum Gasteiger partial charge on any atom is -0.478 e. The Kier molecular flexibility index (Phi) is 7.12. The molecule has 0 amide bonds. The van der Waals surface area contributed by atoms with Crippen molar-refractivity contribution in [2.75, 3.05) is 13.2 Å². The van der Waals surface area contributed by atoms with Crippen molar-refractivity contribution in [3.8, 4) is 0 Å². The van der Waals surface area contributed by atoms with Crippen molar-refractivity contribution in [1.29, 1.82) is 0 Å². The molecular formula is C22H36O5. The first-order valence-corrected chi connectivity index (χ1v) is 10.3. The van der Waals surface area contributed by atoms with E-state index in [0.717, 1.165) is 38.5 Å². The molecule has 0 aliphatic heterocycles. The van der Waals surface area contributed by atoms with E-state index in [9.17, 15) is 19.8 Å². The Morgan fingerprint density at radius 2 is 2.00 bits per heavy atom. The molecule has 5 atom stereocenters. The largest absolute Gasteiger partial charge is 0.478 e. The number of rotatable bonds is 8. The average Bonchev–Trinajstić information content (AvgIpc) is 2.60. The number of allylic oxidation sites excluding steroid dienone is 1. The number of esters is 1. The van der Waals surface area contributed by atoms with E-state index in [1.807, 2.05) is 6.08 Å². The van der Waals surface area contributed by atoms with E-state index in [0.29, 0.717) is 30.4 Å². The second-order valence-electron chi connectivity index (χ2n) is 9.14. The standard InChI is InChI=1S/C22H36O5/c1-15-8-11-22(4)18(20(25)26)6-5-7-19(22)21(15,3)12-9-17(10-13-23)14-27-16(2)24/h6,15,17,19,23H,5,7-14H2,1-4H3,(H,25,26). The zero-order valence-electron chi connectivity index (χ0n) is 17.3. The van der Waals surface area contributed by atoms with Gasteiger partial charge in [0.1, 0.15) is 0 Å². The maximum Gasteiger partial charge on any atom is 0.331 e. The molecule has 0 heterocycles. The van der Waals surface area contributed by atoms with Crippen LogP contribution in [0.3, 0.4) is 0 Å². The Morgan fingerprint density at radius 3 is 2.59 bits per heavy atom. The zero-order chi connectivity index (χ0) is 20.2. The summed E-state index contributed by atoms with van der Waals surface area (Å²) < 4.78 is 5.19. The van der Waals surface area contributed by atoms with Crippen LogP contribution >= 0.6 is 0 Å². The van der Waals surface area contributed by atoms with Crippen LogP contribution < -0.4 is 0 Å². The van der Waals surface area contributed by atoms with Crippen LogP contribution in [0.4, 0.5) is 0 Å². The lowest BCUT2D eigenvalue weighted by Gasteiger charge is -2.57. The van der Waals surface area contributed by atoms with Gasteiger partial charge in [-0.25, -0.2) is 4.79 Å². The number of carboxylic acid groups (broad SMARTS) is 1. The fraction of sp³-hybridized carbons (Fsp3) is 0.818. The number of aliphatic hydroxyl groups is 1. The van der Waals surface area contributed by atoms with Gasteiger partial charge in [0.25, 0.3) is 0 Å². The van der Waals surface area contributed by atoms with Gasteiger partial charge in [-0.15, -0.1) is 0 Å². The first-order chi connectivity index (χ1) is 12.6. The topological polar surface area (TPSA) is 83.8 Å². The normalized spacial score (nSPS) is 34.3. The Hall–Kier alpha value is -1.36. The molecule has 2 aliphatic rings. The summed E-state index contributed by atoms with van der Waals surface area (Å²) in [5, 5.41) is 19.1. The van der Waals surface area contributed by atoms with Gasteiger partial charge in [0, 0.05) is 24.5 Å². The van der Waals surface area contributed by atoms with E-state index in [1.54, 1.807) is 0 Å². The third kappa shape index (κ3) is 4.56. The Labute approximate surface area is 163 Å². The summed E-state index contributed by atoms with van der Waals surface area (Å²) in [5.74, 6) is -0.0480. The van der Waals surface area contributed by atoms with Crippen LogP contribution in [0.1, 0.15) is 72.6 Å². The highest BCUT2D eigenvalue weighted by atomic mass is 16.5.